The van der Waals surface area contributed by atoms with E-state index in [1.165, 1.54) is 48.4 Å². The lowest BCUT2D eigenvalue weighted by atomic mass is 10.0. The second kappa shape index (κ2) is 18.2. The SMILES string of the molecule is CCOC(=O)c1c(NC(=O)C(C)Sc2cccc(NC(=O)/C(=C\c3ccc(O)cc3OC)NC(=O)c3ccccc3)c2)sc2c1CCN(C(=O)OC(C)(C)C)C2. The molecule has 2 heterocycles. The van der Waals surface area contributed by atoms with Crippen molar-refractivity contribution in [3.8, 4) is 11.5 Å². The molecule has 3 aromatic carbocycles. The molecule has 1 aromatic heterocycles. The summed E-state index contributed by atoms with van der Waals surface area (Å²) in [6, 6.07) is 19.7. The normalized spacial score (nSPS) is 13.2. The number of benzene rings is 3. The summed E-state index contributed by atoms with van der Waals surface area (Å²) in [6.45, 7) is 9.55. The van der Waals surface area contributed by atoms with Crippen LogP contribution in [-0.4, -0.2) is 70.9 Å². The van der Waals surface area contributed by atoms with E-state index in [1.54, 1.807) is 100 Å². The molecule has 294 valence electrons. The van der Waals surface area contributed by atoms with E-state index in [4.69, 9.17) is 14.2 Å². The quantitative estimate of drug-likeness (QED) is 0.0640. The Morgan fingerprint density at radius 2 is 1.75 bits per heavy atom. The van der Waals surface area contributed by atoms with Crippen molar-refractivity contribution in [3.05, 3.63) is 106 Å². The van der Waals surface area contributed by atoms with Crippen LogP contribution in [0.2, 0.25) is 0 Å². The molecule has 1 aliphatic heterocycles. The average Bonchev–Trinajstić information content (AvgIpc) is 3.52. The first-order valence-corrected chi connectivity index (χ1v) is 19.5. The Hall–Kier alpha value is -5.80. The number of carbonyl (C=O) groups is 5. The number of methoxy groups -OCH3 is 1. The third kappa shape index (κ3) is 10.7. The number of phenols is 1. The molecule has 1 unspecified atom stereocenters. The molecule has 0 aliphatic carbocycles. The lowest BCUT2D eigenvalue weighted by Gasteiger charge is -2.30. The van der Waals surface area contributed by atoms with Crippen molar-refractivity contribution in [2.24, 2.45) is 0 Å². The fourth-order valence-electron chi connectivity index (χ4n) is 5.63. The van der Waals surface area contributed by atoms with Gasteiger partial charge >= 0.3 is 12.1 Å². The van der Waals surface area contributed by atoms with Crippen LogP contribution in [0, 0.1) is 0 Å². The van der Waals surface area contributed by atoms with Crippen LogP contribution in [0.25, 0.3) is 6.08 Å². The maximum atomic E-state index is 13.7. The number of hydrogen-bond donors (Lipinski definition) is 4. The van der Waals surface area contributed by atoms with Crippen LogP contribution in [-0.2, 0) is 32.0 Å². The molecule has 0 saturated heterocycles. The first-order chi connectivity index (χ1) is 26.6. The van der Waals surface area contributed by atoms with Crippen LogP contribution >= 0.6 is 23.1 Å². The molecule has 4 amide bonds. The van der Waals surface area contributed by atoms with Gasteiger partial charge in [0.25, 0.3) is 11.8 Å². The van der Waals surface area contributed by atoms with Crippen molar-refractivity contribution in [2.75, 3.05) is 30.9 Å². The van der Waals surface area contributed by atoms with Gasteiger partial charge in [-0.15, -0.1) is 23.1 Å². The number of amides is 4. The topological polar surface area (TPSA) is 173 Å². The van der Waals surface area contributed by atoms with E-state index in [1.807, 2.05) is 0 Å². The average molecular weight is 801 g/mol. The van der Waals surface area contributed by atoms with Gasteiger partial charge in [-0.1, -0.05) is 24.3 Å². The van der Waals surface area contributed by atoms with Gasteiger partial charge in [0.2, 0.25) is 5.91 Å². The molecular weight excluding hydrogens is 757 g/mol. The smallest absolute Gasteiger partial charge is 0.410 e. The largest absolute Gasteiger partial charge is 0.508 e. The summed E-state index contributed by atoms with van der Waals surface area (Å²) in [5.74, 6) is -1.80. The predicted octanol–water partition coefficient (Wildman–Crippen LogP) is 7.46. The number of ether oxygens (including phenoxy) is 3. The minimum atomic E-state index is -0.662. The summed E-state index contributed by atoms with van der Waals surface area (Å²) in [4.78, 5) is 69.4. The number of thiophene rings is 1. The summed E-state index contributed by atoms with van der Waals surface area (Å²) in [7, 11) is 1.42. The highest BCUT2D eigenvalue weighted by molar-refractivity contribution is 8.00. The van der Waals surface area contributed by atoms with Gasteiger partial charge in [-0.2, -0.15) is 0 Å². The number of fused-ring (bicyclic) bond motifs is 1. The number of rotatable bonds is 12. The molecule has 5 rings (SSSR count). The fourth-order valence-corrected chi connectivity index (χ4v) is 7.81. The summed E-state index contributed by atoms with van der Waals surface area (Å²) < 4.78 is 16.3. The van der Waals surface area contributed by atoms with Gasteiger partial charge in [0.15, 0.2) is 0 Å². The number of carbonyl (C=O) groups excluding carboxylic acids is 5. The first-order valence-electron chi connectivity index (χ1n) is 17.8. The molecule has 4 aromatic rings. The van der Waals surface area contributed by atoms with Gasteiger partial charge in [-0.25, -0.2) is 9.59 Å². The number of nitrogens with one attached hydrogen (secondary N) is 3. The van der Waals surface area contributed by atoms with Crippen LogP contribution in [0.15, 0.2) is 83.4 Å². The Kier molecular flexibility index (Phi) is 13.5. The third-order valence-electron chi connectivity index (χ3n) is 8.24. The maximum absolute atomic E-state index is 13.7. The van der Waals surface area contributed by atoms with E-state index in [2.05, 4.69) is 16.0 Å². The lowest BCUT2D eigenvalue weighted by Crippen LogP contribution is -2.39. The van der Waals surface area contributed by atoms with E-state index in [0.29, 0.717) is 45.2 Å². The summed E-state index contributed by atoms with van der Waals surface area (Å²) in [5, 5.41) is 18.1. The molecule has 4 N–H and O–H groups in total. The predicted molar refractivity (Wildman–Crippen MR) is 216 cm³/mol. The van der Waals surface area contributed by atoms with E-state index >= 15 is 0 Å². The van der Waals surface area contributed by atoms with Crippen LogP contribution in [0.1, 0.15) is 71.3 Å². The number of phenolic OH excluding ortho intramolecular Hbond substituents is 1. The van der Waals surface area contributed by atoms with Crippen molar-refractivity contribution in [3.63, 3.8) is 0 Å². The molecule has 0 radical (unpaired) electrons. The first kappa shape index (κ1) is 41.4. The minimum Gasteiger partial charge on any atom is -0.508 e. The molecular formula is C41H44N4O9S2. The molecule has 1 atom stereocenters. The van der Waals surface area contributed by atoms with E-state index in [9.17, 15) is 29.1 Å². The number of aromatic hydroxyl groups is 1. The monoisotopic (exact) mass is 800 g/mol. The zero-order valence-corrected chi connectivity index (χ0v) is 33.5. The lowest BCUT2D eigenvalue weighted by molar-refractivity contribution is -0.115. The molecule has 15 heteroatoms. The molecule has 0 bridgehead atoms. The van der Waals surface area contributed by atoms with Crippen LogP contribution < -0.4 is 20.7 Å². The number of thioether (sulfide) groups is 1. The Labute approximate surface area is 333 Å². The second-order valence-corrected chi connectivity index (χ2v) is 16.1. The Morgan fingerprint density at radius 1 is 1.00 bits per heavy atom. The summed E-state index contributed by atoms with van der Waals surface area (Å²) in [6.07, 6.45) is 1.39. The van der Waals surface area contributed by atoms with Gasteiger partial charge in [0.05, 0.1) is 31.1 Å². The van der Waals surface area contributed by atoms with Crippen LogP contribution in [0.4, 0.5) is 15.5 Å². The molecule has 0 spiro atoms. The highest BCUT2D eigenvalue weighted by Crippen LogP contribution is 2.39. The van der Waals surface area contributed by atoms with Crippen molar-refractivity contribution in [1.29, 1.82) is 0 Å². The Morgan fingerprint density at radius 3 is 2.45 bits per heavy atom. The van der Waals surface area contributed by atoms with Gasteiger partial charge in [-0.3, -0.25) is 14.4 Å². The third-order valence-corrected chi connectivity index (χ3v) is 10.5. The second-order valence-electron chi connectivity index (χ2n) is 13.6. The van der Waals surface area contributed by atoms with Crippen LogP contribution in [0.5, 0.6) is 11.5 Å². The number of hydrogen-bond acceptors (Lipinski definition) is 11. The van der Waals surface area contributed by atoms with Gasteiger partial charge in [-0.05, 0) is 95.1 Å². The summed E-state index contributed by atoms with van der Waals surface area (Å²) >= 11 is 2.47. The van der Waals surface area contributed by atoms with Gasteiger partial charge in [0.1, 0.15) is 27.8 Å². The number of esters is 1. The molecule has 13 nitrogen and oxygen atoms in total. The van der Waals surface area contributed by atoms with Gasteiger partial charge < -0.3 is 40.2 Å². The van der Waals surface area contributed by atoms with Crippen molar-refractivity contribution >= 4 is 69.6 Å². The Balaban J connectivity index is 1.31. The van der Waals surface area contributed by atoms with Crippen LogP contribution in [0.3, 0.4) is 0 Å². The Bertz CT molecular complexity index is 2140. The standard InChI is InChI=1S/C41H44N4O9S2/c1-7-53-39(50)34-30-18-19-45(40(51)54-41(3,4)5)23-33(30)56-38(34)44-35(47)24(2)55-29-15-11-14-27(21-29)42-37(49)31(43-36(48)25-12-9-8-10-13-25)20-26-16-17-28(46)22-32(26)52-6/h8-17,20-22,24,46H,7,18-19,23H2,1-6H3,(H,42,49)(H,43,48)(H,44,47)/b31-20+. The number of nitrogens with zero attached hydrogens (tertiary/aromatic N) is 1. The highest BCUT2D eigenvalue weighted by atomic mass is 32.2. The fraction of sp³-hybridized carbons (Fsp3) is 0.293. The molecule has 0 fully saturated rings. The van der Waals surface area contributed by atoms with E-state index in [0.717, 1.165) is 10.4 Å². The zero-order valence-electron chi connectivity index (χ0n) is 31.9. The number of anilines is 2. The minimum absolute atomic E-state index is 0.0314. The van der Waals surface area contributed by atoms with Crippen molar-refractivity contribution in [2.45, 2.75) is 63.3 Å². The summed E-state index contributed by atoms with van der Waals surface area (Å²) in [5.41, 5.74) is 1.46. The van der Waals surface area contributed by atoms with E-state index in [-0.39, 0.29) is 36.3 Å². The van der Waals surface area contributed by atoms with Gasteiger partial charge in [0, 0.05) is 39.2 Å². The highest BCUT2D eigenvalue weighted by Gasteiger charge is 2.33. The van der Waals surface area contributed by atoms with Crippen molar-refractivity contribution in [1.82, 2.24) is 10.2 Å². The van der Waals surface area contributed by atoms with E-state index < -0.39 is 34.7 Å². The molecule has 56 heavy (non-hydrogen) atoms. The maximum Gasteiger partial charge on any atom is 0.410 e. The van der Waals surface area contributed by atoms with Crippen molar-refractivity contribution < 1.29 is 43.3 Å². The molecule has 0 saturated carbocycles. The molecule has 1 aliphatic rings. The zero-order chi connectivity index (χ0) is 40.6.